The first kappa shape index (κ1) is 42.3. The quantitative estimate of drug-likeness (QED) is 0.211. The SMILES string of the molecule is C.C.C.CCC(C)C.COCCCCCCNC(=O)CCCCCO[C@@H]1OC(CO)[C@H](O)[C@H](O)C1C. The van der Waals surface area contributed by atoms with E-state index in [1.165, 1.54) is 6.42 Å². The van der Waals surface area contributed by atoms with Crippen molar-refractivity contribution in [3.8, 4) is 0 Å². The van der Waals surface area contributed by atoms with E-state index < -0.39 is 24.6 Å². The van der Waals surface area contributed by atoms with Crippen LogP contribution in [0.2, 0.25) is 0 Å². The topological polar surface area (TPSA) is 117 Å². The molecule has 0 spiro atoms. The maximum Gasteiger partial charge on any atom is 0.219 e. The van der Waals surface area contributed by atoms with E-state index >= 15 is 0 Å². The first-order valence-corrected chi connectivity index (χ1v) is 12.8. The van der Waals surface area contributed by atoms with Gasteiger partial charge in [0.2, 0.25) is 5.91 Å². The maximum atomic E-state index is 11.8. The lowest BCUT2D eigenvalue weighted by Crippen LogP contribution is -2.55. The minimum absolute atomic E-state index is 0. The average Bonchev–Trinajstić information content (AvgIpc) is 2.80. The molecule has 0 aromatic heterocycles. The number of carbonyl (C=O) groups excluding carboxylic acids is 1. The number of ether oxygens (including phenoxy) is 3. The van der Waals surface area contributed by atoms with Crippen molar-refractivity contribution in [2.45, 2.75) is 132 Å². The van der Waals surface area contributed by atoms with Gasteiger partial charge in [0.05, 0.1) is 12.7 Å². The highest BCUT2D eigenvalue weighted by molar-refractivity contribution is 5.75. The molecule has 0 bridgehead atoms. The fourth-order valence-corrected chi connectivity index (χ4v) is 3.22. The number of amides is 1. The second-order valence-electron chi connectivity index (χ2n) is 9.31. The molecule has 8 heteroatoms. The second kappa shape index (κ2) is 27.3. The van der Waals surface area contributed by atoms with Gasteiger partial charge in [-0.25, -0.2) is 0 Å². The van der Waals surface area contributed by atoms with E-state index in [0.717, 1.165) is 64.0 Å². The van der Waals surface area contributed by atoms with Gasteiger partial charge in [-0.15, -0.1) is 0 Å². The number of aliphatic hydroxyl groups excluding tert-OH is 3. The molecule has 1 rings (SSSR count). The number of nitrogens with one attached hydrogen (secondary N) is 1. The molecule has 1 heterocycles. The van der Waals surface area contributed by atoms with Crippen molar-refractivity contribution >= 4 is 5.91 Å². The third-order valence-corrected chi connectivity index (χ3v) is 5.93. The third kappa shape index (κ3) is 20.3. The van der Waals surface area contributed by atoms with Crippen LogP contribution in [0.3, 0.4) is 0 Å². The van der Waals surface area contributed by atoms with Gasteiger partial charge in [0.1, 0.15) is 12.2 Å². The normalized spacial score (nSPS) is 22.9. The van der Waals surface area contributed by atoms with E-state index in [9.17, 15) is 20.1 Å². The summed E-state index contributed by atoms with van der Waals surface area (Å²) in [5.74, 6) is 0.595. The lowest BCUT2D eigenvalue weighted by atomic mass is 9.92. The minimum Gasteiger partial charge on any atom is -0.394 e. The number of aliphatic hydroxyl groups is 3. The molecule has 8 nitrogen and oxygen atoms in total. The van der Waals surface area contributed by atoms with Crippen molar-refractivity contribution in [3.63, 3.8) is 0 Å². The summed E-state index contributed by atoms with van der Waals surface area (Å²) in [6, 6.07) is 0. The number of methoxy groups -OCH3 is 1. The van der Waals surface area contributed by atoms with E-state index in [1.807, 2.05) is 0 Å². The van der Waals surface area contributed by atoms with Crippen LogP contribution >= 0.6 is 0 Å². The van der Waals surface area contributed by atoms with Crippen molar-refractivity contribution in [2.24, 2.45) is 11.8 Å². The van der Waals surface area contributed by atoms with Crippen LogP contribution < -0.4 is 5.32 Å². The van der Waals surface area contributed by atoms with Crippen LogP contribution in [0.15, 0.2) is 0 Å². The molecule has 0 aliphatic carbocycles. The minimum atomic E-state index is -1.11. The highest BCUT2D eigenvalue weighted by Gasteiger charge is 2.42. The molecule has 36 heavy (non-hydrogen) atoms. The zero-order chi connectivity index (χ0) is 25.1. The number of rotatable bonds is 16. The molecule has 0 saturated carbocycles. The molecule has 1 aliphatic heterocycles. The summed E-state index contributed by atoms with van der Waals surface area (Å²) in [5.41, 5.74) is 0. The summed E-state index contributed by atoms with van der Waals surface area (Å²) in [6.07, 6.45) is 4.97. The molecule has 222 valence electrons. The fraction of sp³-hybridized carbons (Fsp3) is 0.964. The van der Waals surface area contributed by atoms with Crippen LogP contribution in [0, 0.1) is 11.8 Å². The van der Waals surface area contributed by atoms with Crippen molar-refractivity contribution < 1.29 is 34.3 Å². The zero-order valence-electron chi connectivity index (χ0n) is 21.6. The Morgan fingerprint density at radius 1 is 0.944 bits per heavy atom. The highest BCUT2D eigenvalue weighted by Crippen LogP contribution is 2.26. The summed E-state index contributed by atoms with van der Waals surface area (Å²) in [4.78, 5) is 11.8. The Balaban J connectivity index is -0.000000581. The summed E-state index contributed by atoms with van der Waals surface area (Å²) in [6.45, 7) is 9.99. The smallest absolute Gasteiger partial charge is 0.219 e. The number of carbonyl (C=O) groups is 1. The Morgan fingerprint density at radius 3 is 2.06 bits per heavy atom. The van der Waals surface area contributed by atoms with Gasteiger partial charge in [0.25, 0.3) is 0 Å². The summed E-state index contributed by atoms with van der Waals surface area (Å²) < 4.78 is 16.2. The summed E-state index contributed by atoms with van der Waals surface area (Å²) in [5, 5.41) is 32.0. The molecular weight excluding hydrogens is 462 g/mol. The third-order valence-electron chi connectivity index (χ3n) is 5.93. The van der Waals surface area contributed by atoms with Crippen molar-refractivity contribution in [2.75, 3.05) is 33.5 Å². The van der Waals surface area contributed by atoms with Crippen molar-refractivity contribution in [3.05, 3.63) is 0 Å². The van der Waals surface area contributed by atoms with Crippen LogP contribution in [0.4, 0.5) is 0 Å². The molecule has 4 N–H and O–H groups in total. The Labute approximate surface area is 223 Å². The largest absolute Gasteiger partial charge is 0.394 e. The van der Waals surface area contributed by atoms with E-state index in [2.05, 4.69) is 26.1 Å². The molecular formula is C28H63NO7. The maximum absolute atomic E-state index is 11.8. The van der Waals surface area contributed by atoms with E-state index in [0.29, 0.717) is 13.0 Å². The highest BCUT2D eigenvalue weighted by atomic mass is 16.7. The molecule has 1 amide bonds. The van der Waals surface area contributed by atoms with Crippen LogP contribution in [0.25, 0.3) is 0 Å². The van der Waals surface area contributed by atoms with Gasteiger partial charge in [-0.3, -0.25) is 4.79 Å². The Hall–Kier alpha value is -0.770. The Bertz CT molecular complexity index is 463. The average molecular weight is 526 g/mol. The molecule has 0 aromatic carbocycles. The standard InChI is InChI=1S/C20H39NO7.C5H12.3CH4/c1-15-18(24)19(25)16(14-22)28-20(15)27-13-9-5-6-10-17(23)21-11-7-3-4-8-12-26-2;1-4-5(2)3;;;/h15-16,18-20,22,24-25H,3-14H2,1-2H3,(H,21,23);5H,4H2,1-3H3;3*1H4/t15?,16?,18-,19+,20-;;;;/m1..../s1. The number of hydrogen-bond donors (Lipinski definition) is 4. The Kier molecular flexibility index (Phi) is 32.1. The van der Waals surface area contributed by atoms with Gasteiger partial charge in [-0.1, -0.05) is 75.7 Å². The van der Waals surface area contributed by atoms with E-state index in [-0.39, 0.29) is 40.7 Å². The monoisotopic (exact) mass is 525 g/mol. The van der Waals surface area contributed by atoms with Gasteiger partial charge in [-0.05, 0) is 31.6 Å². The molecule has 5 atom stereocenters. The van der Waals surface area contributed by atoms with Crippen molar-refractivity contribution in [1.82, 2.24) is 5.32 Å². The fourth-order valence-electron chi connectivity index (χ4n) is 3.22. The number of hydrogen-bond acceptors (Lipinski definition) is 7. The lowest BCUT2D eigenvalue weighted by Gasteiger charge is -2.40. The van der Waals surface area contributed by atoms with Crippen LogP contribution in [0.1, 0.15) is 108 Å². The molecule has 1 saturated heterocycles. The summed E-state index contributed by atoms with van der Waals surface area (Å²) in [7, 11) is 1.71. The van der Waals surface area contributed by atoms with E-state index in [4.69, 9.17) is 14.2 Å². The molecule has 2 unspecified atom stereocenters. The first-order valence-electron chi connectivity index (χ1n) is 12.8. The Morgan fingerprint density at radius 2 is 1.50 bits per heavy atom. The molecule has 0 radical (unpaired) electrons. The zero-order valence-corrected chi connectivity index (χ0v) is 21.6. The van der Waals surface area contributed by atoms with E-state index in [1.54, 1.807) is 14.0 Å². The van der Waals surface area contributed by atoms with Gasteiger partial charge >= 0.3 is 0 Å². The van der Waals surface area contributed by atoms with Crippen LogP contribution in [-0.4, -0.2) is 79.3 Å². The molecule has 1 aliphatic rings. The summed E-state index contributed by atoms with van der Waals surface area (Å²) >= 11 is 0. The van der Waals surface area contributed by atoms with Gasteiger partial charge in [0, 0.05) is 39.2 Å². The predicted molar refractivity (Wildman–Crippen MR) is 150 cm³/mol. The number of unbranched alkanes of at least 4 members (excludes halogenated alkanes) is 5. The first-order chi connectivity index (χ1) is 15.8. The van der Waals surface area contributed by atoms with Gasteiger partial charge in [0.15, 0.2) is 6.29 Å². The van der Waals surface area contributed by atoms with Crippen LogP contribution in [0.5, 0.6) is 0 Å². The van der Waals surface area contributed by atoms with Crippen molar-refractivity contribution in [1.29, 1.82) is 0 Å². The molecule has 1 fully saturated rings. The van der Waals surface area contributed by atoms with Gasteiger partial charge < -0.3 is 34.8 Å². The van der Waals surface area contributed by atoms with Gasteiger partial charge in [-0.2, -0.15) is 0 Å². The predicted octanol–water partition coefficient (Wildman–Crippen LogP) is 4.92. The van der Waals surface area contributed by atoms with Crippen LogP contribution in [-0.2, 0) is 19.0 Å². The second-order valence-corrected chi connectivity index (χ2v) is 9.31. The lowest BCUT2D eigenvalue weighted by molar-refractivity contribution is -0.282. The molecule has 0 aromatic rings.